The number of para-hydroxylation sites is 2. The Balaban J connectivity index is 1.57. The number of anilines is 1. The zero-order chi connectivity index (χ0) is 19.6. The SMILES string of the molecule is O=C1/C(=C/c2ccc3ncsc3c2)SC(=Nc2ccccc2)N1c1ccccc1. The largest absolute Gasteiger partial charge is 0.271 e. The molecule has 3 aromatic carbocycles. The van der Waals surface area contributed by atoms with E-state index in [1.807, 2.05) is 84.4 Å². The first kappa shape index (κ1) is 17.8. The predicted octanol–water partition coefficient (Wildman–Crippen LogP) is 6.10. The van der Waals surface area contributed by atoms with Crippen molar-refractivity contribution in [2.75, 3.05) is 4.90 Å². The number of thioether (sulfide) groups is 1. The number of carbonyl (C=O) groups is 1. The average Bonchev–Trinajstić information content (AvgIpc) is 3.34. The summed E-state index contributed by atoms with van der Waals surface area (Å²) in [6.45, 7) is 0. The normalized spacial score (nSPS) is 17.0. The minimum atomic E-state index is -0.0692. The van der Waals surface area contributed by atoms with Gasteiger partial charge in [0.1, 0.15) is 0 Å². The Hall–Kier alpha value is -3.22. The summed E-state index contributed by atoms with van der Waals surface area (Å²) in [6, 6.07) is 25.4. The van der Waals surface area contributed by atoms with Crippen LogP contribution in [0.3, 0.4) is 0 Å². The van der Waals surface area contributed by atoms with E-state index in [0.29, 0.717) is 10.1 Å². The maximum Gasteiger partial charge on any atom is 0.271 e. The summed E-state index contributed by atoms with van der Waals surface area (Å²) in [4.78, 5) is 24.6. The van der Waals surface area contributed by atoms with Crippen molar-refractivity contribution in [3.8, 4) is 0 Å². The van der Waals surface area contributed by atoms with Gasteiger partial charge < -0.3 is 0 Å². The van der Waals surface area contributed by atoms with Gasteiger partial charge in [-0.1, -0.05) is 42.5 Å². The Kier molecular flexibility index (Phi) is 4.71. The van der Waals surface area contributed by atoms with Crippen molar-refractivity contribution < 1.29 is 4.79 Å². The number of nitrogens with zero attached hydrogens (tertiary/aromatic N) is 3. The van der Waals surface area contributed by atoms with E-state index in [-0.39, 0.29) is 5.91 Å². The molecule has 0 bridgehead atoms. The van der Waals surface area contributed by atoms with Crippen LogP contribution in [0.1, 0.15) is 5.56 Å². The Labute approximate surface area is 176 Å². The van der Waals surface area contributed by atoms with E-state index in [9.17, 15) is 4.79 Å². The van der Waals surface area contributed by atoms with Gasteiger partial charge in [-0.2, -0.15) is 0 Å². The molecule has 140 valence electrons. The zero-order valence-electron chi connectivity index (χ0n) is 15.2. The van der Waals surface area contributed by atoms with Crippen LogP contribution in [0.5, 0.6) is 0 Å². The minimum absolute atomic E-state index is 0.0692. The van der Waals surface area contributed by atoms with Gasteiger partial charge in [0.25, 0.3) is 5.91 Å². The summed E-state index contributed by atoms with van der Waals surface area (Å²) >= 11 is 2.99. The van der Waals surface area contributed by atoms with Gasteiger partial charge in [-0.25, -0.2) is 9.98 Å². The Bertz CT molecular complexity index is 1250. The van der Waals surface area contributed by atoms with E-state index in [1.165, 1.54) is 11.8 Å². The summed E-state index contributed by atoms with van der Waals surface area (Å²) in [5.41, 5.74) is 5.40. The number of amides is 1. The summed E-state index contributed by atoms with van der Waals surface area (Å²) < 4.78 is 1.10. The number of aromatic nitrogens is 1. The van der Waals surface area contributed by atoms with Crippen LogP contribution in [0.25, 0.3) is 16.3 Å². The number of rotatable bonds is 3. The molecule has 4 aromatic rings. The molecule has 1 aliphatic rings. The van der Waals surface area contributed by atoms with Crippen LogP contribution in [0.4, 0.5) is 11.4 Å². The highest BCUT2D eigenvalue weighted by Crippen LogP contribution is 2.37. The molecule has 0 radical (unpaired) electrons. The molecule has 0 aliphatic carbocycles. The number of hydrogen-bond donors (Lipinski definition) is 0. The van der Waals surface area contributed by atoms with Gasteiger partial charge in [-0.05, 0) is 59.8 Å². The summed E-state index contributed by atoms with van der Waals surface area (Å²) in [6.07, 6.45) is 1.93. The molecule has 1 saturated heterocycles. The lowest BCUT2D eigenvalue weighted by Crippen LogP contribution is -2.28. The van der Waals surface area contributed by atoms with E-state index in [1.54, 1.807) is 16.2 Å². The number of hydrogen-bond acceptors (Lipinski definition) is 5. The molecule has 2 heterocycles. The number of benzene rings is 3. The van der Waals surface area contributed by atoms with Crippen LogP contribution < -0.4 is 4.90 Å². The first-order valence-electron chi connectivity index (χ1n) is 9.04. The third kappa shape index (κ3) is 3.60. The molecule has 4 nitrogen and oxygen atoms in total. The Morgan fingerprint density at radius 1 is 0.931 bits per heavy atom. The monoisotopic (exact) mass is 413 g/mol. The van der Waals surface area contributed by atoms with Crippen molar-refractivity contribution in [3.05, 3.63) is 94.8 Å². The van der Waals surface area contributed by atoms with E-state index < -0.39 is 0 Å². The zero-order valence-corrected chi connectivity index (χ0v) is 16.9. The second-order valence-corrected chi connectivity index (χ2v) is 8.29. The number of amidine groups is 1. The maximum absolute atomic E-state index is 13.3. The van der Waals surface area contributed by atoms with Crippen LogP contribution in [0, 0.1) is 0 Å². The molecule has 0 atom stereocenters. The fourth-order valence-electron chi connectivity index (χ4n) is 3.08. The molecule has 29 heavy (non-hydrogen) atoms. The Morgan fingerprint density at radius 3 is 2.48 bits per heavy atom. The van der Waals surface area contributed by atoms with E-state index in [2.05, 4.69) is 11.1 Å². The Morgan fingerprint density at radius 2 is 1.69 bits per heavy atom. The van der Waals surface area contributed by atoms with Crippen molar-refractivity contribution in [1.29, 1.82) is 0 Å². The predicted molar refractivity (Wildman–Crippen MR) is 123 cm³/mol. The summed E-state index contributed by atoms with van der Waals surface area (Å²) in [5.74, 6) is -0.0692. The molecule has 6 heteroatoms. The van der Waals surface area contributed by atoms with Crippen LogP contribution in [-0.4, -0.2) is 16.1 Å². The maximum atomic E-state index is 13.3. The van der Waals surface area contributed by atoms with Crippen molar-refractivity contribution >= 4 is 61.8 Å². The van der Waals surface area contributed by atoms with Crippen molar-refractivity contribution in [2.24, 2.45) is 4.99 Å². The fourth-order valence-corrected chi connectivity index (χ4v) is 4.81. The highest BCUT2D eigenvalue weighted by atomic mass is 32.2. The third-order valence-corrected chi connectivity index (χ3v) is 6.22. The van der Waals surface area contributed by atoms with Crippen molar-refractivity contribution in [1.82, 2.24) is 4.98 Å². The number of carbonyl (C=O) groups excluding carboxylic acids is 1. The van der Waals surface area contributed by atoms with Crippen molar-refractivity contribution in [2.45, 2.75) is 0 Å². The molecular formula is C23H15N3OS2. The van der Waals surface area contributed by atoms with E-state index in [4.69, 9.17) is 4.99 Å². The average molecular weight is 414 g/mol. The van der Waals surface area contributed by atoms with E-state index in [0.717, 1.165) is 27.2 Å². The first-order chi connectivity index (χ1) is 14.3. The van der Waals surface area contributed by atoms with Gasteiger partial charge in [-0.15, -0.1) is 11.3 Å². The molecule has 0 unspecified atom stereocenters. The highest BCUT2D eigenvalue weighted by Gasteiger charge is 2.34. The summed E-state index contributed by atoms with van der Waals surface area (Å²) in [7, 11) is 0. The molecule has 1 aliphatic heterocycles. The molecule has 5 rings (SSSR count). The van der Waals surface area contributed by atoms with Gasteiger partial charge in [0, 0.05) is 0 Å². The molecule has 0 N–H and O–H groups in total. The quantitative estimate of drug-likeness (QED) is 0.381. The second kappa shape index (κ2) is 7.66. The van der Waals surface area contributed by atoms with Gasteiger partial charge >= 0.3 is 0 Å². The fraction of sp³-hybridized carbons (Fsp3) is 0. The highest BCUT2D eigenvalue weighted by molar-refractivity contribution is 8.19. The van der Waals surface area contributed by atoms with Crippen LogP contribution >= 0.6 is 23.1 Å². The smallest absolute Gasteiger partial charge is 0.268 e. The van der Waals surface area contributed by atoms with Crippen LogP contribution in [0.2, 0.25) is 0 Å². The first-order valence-corrected chi connectivity index (χ1v) is 10.7. The van der Waals surface area contributed by atoms with Gasteiger partial charge in [0.05, 0.1) is 32.0 Å². The lowest BCUT2D eigenvalue weighted by atomic mass is 10.2. The molecular weight excluding hydrogens is 398 g/mol. The topological polar surface area (TPSA) is 45.6 Å². The minimum Gasteiger partial charge on any atom is -0.268 e. The van der Waals surface area contributed by atoms with Gasteiger partial charge in [0.15, 0.2) is 5.17 Å². The van der Waals surface area contributed by atoms with Crippen molar-refractivity contribution in [3.63, 3.8) is 0 Å². The lowest BCUT2D eigenvalue weighted by molar-refractivity contribution is -0.113. The van der Waals surface area contributed by atoms with Crippen LogP contribution in [-0.2, 0) is 4.79 Å². The lowest BCUT2D eigenvalue weighted by Gasteiger charge is -2.15. The van der Waals surface area contributed by atoms with E-state index >= 15 is 0 Å². The summed E-state index contributed by atoms with van der Waals surface area (Å²) in [5, 5.41) is 0.650. The third-order valence-electron chi connectivity index (χ3n) is 4.45. The number of thiazole rings is 1. The number of fused-ring (bicyclic) bond motifs is 1. The molecule has 1 amide bonds. The second-order valence-electron chi connectivity index (χ2n) is 6.40. The van der Waals surface area contributed by atoms with Gasteiger partial charge in [0.2, 0.25) is 0 Å². The van der Waals surface area contributed by atoms with Crippen LogP contribution in [0.15, 0.2) is 94.3 Å². The standard InChI is InChI=1S/C23H15N3OS2/c27-22-21(14-16-11-12-19-20(13-16)28-15-24-19)29-23(25-17-7-3-1-4-8-17)26(22)18-9-5-2-6-10-18/h1-15H/b21-14-,25-23?. The molecule has 0 saturated carbocycles. The molecule has 1 aromatic heterocycles. The van der Waals surface area contributed by atoms with Gasteiger partial charge in [-0.3, -0.25) is 9.69 Å². The molecule has 0 spiro atoms. The molecule has 1 fully saturated rings. The number of aliphatic imine (C=N–C) groups is 1.